The summed E-state index contributed by atoms with van der Waals surface area (Å²) in [6, 6.07) is 6.24. The number of nitrogens with zero attached hydrogens (tertiary/aromatic N) is 4. The standard InChI is InChI=1S/C15H12N4O4/c1-18(2)12-8-16-11(7-17-12)15(22)23-19-13(20)9-5-3-4-6-10(9)14(19)21/h3-8H,1-2H3. The minimum atomic E-state index is -0.933. The van der Waals surface area contributed by atoms with Crippen molar-refractivity contribution >= 4 is 23.6 Å². The summed E-state index contributed by atoms with van der Waals surface area (Å²) >= 11 is 0. The molecule has 116 valence electrons. The second-order valence-corrected chi connectivity index (χ2v) is 4.98. The van der Waals surface area contributed by atoms with Gasteiger partial charge < -0.3 is 9.74 Å². The third-order valence-corrected chi connectivity index (χ3v) is 3.24. The number of carbonyl (C=O) groups is 3. The second-order valence-electron chi connectivity index (χ2n) is 4.98. The Morgan fingerprint density at radius 2 is 1.65 bits per heavy atom. The number of fused-ring (bicyclic) bond motifs is 1. The minimum absolute atomic E-state index is 0.104. The van der Waals surface area contributed by atoms with Crippen LogP contribution in [0.5, 0.6) is 0 Å². The Morgan fingerprint density at radius 3 is 2.13 bits per heavy atom. The van der Waals surface area contributed by atoms with Crippen LogP contribution in [-0.4, -0.2) is 46.9 Å². The Labute approximate surface area is 131 Å². The van der Waals surface area contributed by atoms with Crippen molar-refractivity contribution in [3.8, 4) is 0 Å². The Hall–Kier alpha value is -3.29. The van der Waals surface area contributed by atoms with Crippen LogP contribution in [0, 0.1) is 0 Å². The van der Waals surface area contributed by atoms with Crippen LogP contribution in [0.4, 0.5) is 5.82 Å². The van der Waals surface area contributed by atoms with Crippen LogP contribution in [0.25, 0.3) is 0 Å². The van der Waals surface area contributed by atoms with Gasteiger partial charge in [0.15, 0.2) is 5.69 Å². The van der Waals surface area contributed by atoms with Gasteiger partial charge in [0.25, 0.3) is 11.8 Å². The molecule has 23 heavy (non-hydrogen) atoms. The van der Waals surface area contributed by atoms with Crippen molar-refractivity contribution in [2.24, 2.45) is 0 Å². The highest BCUT2D eigenvalue weighted by atomic mass is 16.7. The summed E-state index contributed by atoms with van der Waals surface area (Å²) in [6.07, 6.45) is 2.61. The van der Waals surface area contributed by atoms with Gasteiger partial charge in [0.1, 0.15) is 5.82 Å². The number of aromatic nitrogens is 2. The molecule has 0 saturated carbocycles. The minimum Gasteiger partial charge on any atom is -0.361 e. The highest BCUT2D eigenvalue weighted by molar-refractivity contribution is 6.21. The van der Waals surface area contributed by atoms with Crippen LogP contribution in [0.15, 0.2) is 36.7 Å². The maximum atomic E-state index is 12.1. The van der Waals surface area contributed by atoms with E-state index in [1.165, 1.54) is 24.5 Å². The molecule has 0 spiro atoms. The van der Waals surface area contributed by atoms with Gasteiger partial charge in [-0.25, -0.2) is 14.8 Å². The summed E-state index contributed by atoms with van der Waals surface area (Å²) in [5, 5.41) is 0.439. The fraction of sp³-hybridized carbons (Fsp3) is 0.133. The van der Waals surface area contributed by atoms with Crippen LogP contribution >= 0.6 is 0 Å². The molecule has 1 aromatic heterocycles. The molecule has 0 saturated heterocycles. The van der Waals surface area contributed by atoms with E-state index in [-0.39, 0.29) is 16.8 Å². The molecule has 0 unspecified atom stereocenters. The fourth-order valence-corrected chi connectivity index (χ4v) is 2.04. The smallest absolute Gasteiger partial charge is 0.361 e. The van der Waals surface area contributed by atoms with Gasteiger partial charge in [-0.3, -0.25) is 9.59 Å². The zero-order valence-electron chi connectivity index (χ0n) is 12.4. The van der Waals surface area contributed by atoms with Crippen LogP contribution in [0.3, 0.4) is 0 Å². The first-order valence-corrected chi connectivity index (χ1v) is 6.68. The van der Waals surface area contributed by atoms with E-state index in [9.17, 15) is 14.4 Å². The van der Waals surface area contributed by atoms with Gasteiger partial charge in [-0.1, -0.05) is 17.2 Å². The lowest BCUT2D eigenvalue weighted by atomic mass is 10.1. The number of hydrogen-bond acceptors (Lipinski definition) is 7. The molecule has 0 fully saturated rings. The highest BCUT2D eigenvalue weighted by Gasteiger charge is 2.39. The quantitative estimate of drug-likeness (QED) is 0.778. The molecule has 1 aromatic carbocycles. The summed E-state index contributed by atoms with van der Waals surface area (Å²) in [7, 11) is 3.56. The van der Waals surface area contributed by atoms with Crippen molar-refractivity contribution < 1.29 is 19.2 Å². The van der Waals surface area contributed by atoms with E-state index in [1.807, 2.05) is 0 Å². The molecule has 0 radical (unpaired) electrons. The van der Waals surface area contributed by atoms with Crippen LogP contribution < -0.4 is 4.90 Å². The number of hydroxylamine groups is 2. The Bertz CT molecular complexity index is 766. The molecule has 2 amide bonds. The van der Waals surface area contributed by atoms with Crippen LogP contribution in [0.1, 0.15) is 31.2 Å². The molecule has 2 aromatic rings. The first-order chi connectivity index (χ1) is 11.0. The molecule has 0 aliphatic carbocycles. The average Bonchev–Trinajstić information content (AvgIpc) is 2.80. The molecule has 0 atom stereocenters. The molecule has 0 bridgehead atoms. The van der Waals surface area contributed by atoms with E-state index >= 15 is 0 Å². The monoisotopic (exact) mass is 312 g/mol. The number of anilines is 1. The van der Waals surface area contributed by atoms with E-state index in [0.717, 1.165) is 0 Å². The van der Waals surface area contributed by atoms with E-state index in [2.05, 4.69) is 9.97 Å². The summed E-state index contributed by atoms with van der Waals surface area (Å²) in [5.74, 6) is -1.74. The number of amides is 2. The number of rotatable bonds is 3. The number of benzene rings is 1. The van der Waals surface area contributed by atoms with E-state index in [0.29, 0.717) is 10.9 Å². The van der Waals surface area contributed by atoms with Crippen molar-refractivity contribution in [2.75, 3.05) is 19.0 Å². The first-order valence-electron chi connectivity index (χ1n) is 6.68. The molecular weight excluding hydrogens is 300 g/mol. The van der Waals surface area contributed by atoms with Gasteiger partial charge in [0, 0.05) is 14.1 Å². The van der Waals surface area contributed by atoms with Crippen LogP contribution in [-0.2, 0) is 4.84 Å². The topological polar surface area (TPSA) is 92.7 Å². The summed E-state index contributed by atoms with van der Waals surface area (Å²) in [5.41, 5.74) is 0.283. The van der Waals surface area contributed by atoms with Gasteiger partial charge in [0.2, 0.25) is 0 Å². The molecule has 1 aliphatic heterocycles. The average molecular weight is 312 g/mol. The largest absolute Gasteiger partial charge is 0.383 e. The maximum Gasteiger partial charge on any atom is 0.383 e. The molecule has 8 nitrogen and oxygen atoms in total. The maximum absolute atomic E-state index is 12.1. The van der Waals surface area contributed by atoms with Crippen molar-refractivity contribution in [1.29, 1.82) is 0 Å². The van der Waals surface area contributed by atoms with Gasteiger partial charge in [0.05, 0.1) is 23.5 Å². The Balaban J connectivity index is 1.79. The molecule has 0 N–H and O–H groups in total. The van der Waals surface area contributed by atoms with Crippen molar-refractivity contribution in [3.05, 3.63) is 53.5 Å². The van der Waals surface area contributed by atoms with Crippen molar-refractivity contribution in [2.45, 2.75) is 0 Å². The zero-order chi connectivity index (χ0) is 16.6. The third-order valence-electron chi connectivity index (χ3n) is 3.24. The van der Waals surface area contributed by atoms with Gasteiger partial charge in [-0.05, 0) is 12.1 Å². The number of carbonyl (C=O) groups excluding carboxylic acids is 3. The molecule has 3 rings (SSSR count). The van der Waals surface area contributed by atoms with Gasteiger partial charge >= 0.3 is 5.97 Å². The number of hydrogen-bond donors (Lipinski definition) is 0. The van der Waals surface area contributed by atoms with E-state index in [1.54, 1.807) is 31.1 Å². The normalized spacial score (nSPS) is 13.0. The second kappa shape index (κ2) is 5.48. The van der Waals surface area contributed by atoms with Crippen LogP contribution in [0.2, 0.25) is 0 Å². The van der Waals surface area contributed by atoms with Gasteiger partial charge in [-0.2, -0.15) is 0 Å². The van der Waals surface area contributed by atoms with Crippen molar-refractivity contribution in [1.82, 2.24) is 15.0 Å². The summed E-state index contributed by atoms with van der Waals surface area (Å²) < 4.78 is 0. The van der Waals surface area contributed by atoms with E-state index in [4.69, 9.17) is 4.84 Å². The lowest BCUT2D eigenvalue weighted by Gasteiger charge is -2.13. The first kappa shape index (κ1) is 14.6. The molecular formula is C15H12N4O4. The summed E-state index contributed by atoms with van der Waals surface area (Å²) in [4.78, 5) is 50.8. The highest BCUT2D eigenvalue weighted by Crippen LogP contribution is 2.23. The predicted molar refractivity (Wildman–Crippen MR) is 78.7 cm³/mol. The zero-order valence-corrected chi connectivity index (χ0v) is 12.4. The number of imide groups is 1. The van der Waals surface area contributed by atoms with Gasteiger partial charge in [-0.15, -0.1) is 0 Å². The molecule has 2 heterocycles. The SMILES string of the molecule is CN(C)c1cnc(C(=O)ON2C(=O)c3ccccc3C2=O)cn1. The fourth-order valence-electron chi connectivity index (χ4n) is 2.04. The molecule has 1 aliphatic rings. The molecule has 8 heteroatoms. The summed E-state index contributed by atoms with van der Waals surface area (Å²) in [6.45, 7) is 0. The third kappa shape index (κ3) is 2.50. The lowest BCUT2D eigenvalue weighted by molar-refractivity contribution is -0.0588. The van der Waals surface area contributed by atoms with E-state index < -0.39 is 17.8 Å². The lowest BCUT2D eigenvalue weighted by Crippen LogP contribution is -2.33. The Kier molecular flexibility index (Phi) is 3.49. The predicted octanol–water partition coefficient (Wildman–Crippen LogP) is 0.911. The Morgan fingerprint density at radius 1 is 1.04 bits per heavy atom. The van der Waals surface area contributed by atoms with Crippen molar-refractivity contribution in [3.63, 3.8) is 0 Å².